The van der Waals surface area contributed by atoms with Gasteiger partial charge in [0.1, 0.15) is 0 Å². The van der Waals surface area contributed by atoms with Crippen molar-refractivity contribution in [3.8, 4) is 11.3 Å². The predicted octanol–water partition coefficient (Wildman–Crippen LogP) is 6.17. The highest BCUT2D eigenvalue weighted by Crippen LogP contribution is 2.28. The molecule has 0 fully saturated rings. The molecule has 0 aliphatic carbocycles. The van der Waals surface area contributed by atoms with Gasteiger partial charge in [0.15, 0.2) is 5.13 Å². The number of carbonyl (C=O) groups excluding carboxylic acids is 1. The molecular formula is C22H15Cl2N3O3S2. The molecule has 0 atom stereocenters. The Morgan fingerprint density at radius 2 is 1.56 bits per heavy atom. The van der Waals surface area contributed by atoms with E-state index in [1.165, 1.54) is 35.6 Å². The van der Waals surface area contributed by atoms with E-state index in [1.807, 2.05) is 0 Å². The Balaban J connectivity index is 1.50. The van der Waals surface area contributed by atoms with Crippen molar-refractivity contribution >= 4 is 61.3 Å². The van der Waals surface area contributed by atoms with Gasteiger partial charge >= 0.3 is 0 Å². The summed E-state index contributed by atoms with van der Waals surface area (Å²) in [7, 11) is -3.77. The Bertz CT molecular complexity index is 1370. The van der Waals surface area contributed by atoms with Crippen LogP contribution in [0.2, 0.25) is 10.0 Å². The van der Waals surface area contributed by atoms with Crippen molar-refractivity contribution in [2.24, 2.45) is 0 Å². The van der Waals surface area contributed by atoms with Gasteiger partial charge in [0.05, 0.1) is 10.6 Å². The van der Waals surface area contributed by atoms with Crippen LogP contribution in [0.1, 0.15) is 10.4 Å². The average Bonchev–Trinajstić information content (AvgIpc) is 3.23. The molecule has 32 heavy (non-hydrogen) atoms. The average molecular weight is 504 g/mol. The zero-order valence-electron chi connectivity index (χ0n) is 16.2. The van der Waals surface area contributed by atoms with E-state index in [-0.39, 0.29) is 10.8 Å². The molecule has 4 aromatic rings. The van der Waals surface area contributed by atoms with E-state index in [4.69, 9.17) is 23.2 Å². The third-order valence-electron chi connectivity index (χ3n) is 4.37. The minimum absolute atomic E-state index is 0.105. The second kappa shape index (κ2) is 9.30. The maximum atomic E-state index is 12.6. The fourth-order valence-electron chi connectivity index (χ4n) is 2.80. The second-order valence-corrected chi connectivity index (χ2v) is 10.1. The molecule has 3 aromatic carbocycles. The molecule has 0 spiro atoms. The molecule has 1 heterocycles. The highest BCUT2D eigenvalue weighted by atomic mass is 35.5. The van der Waals surface area contributed by atoms with Crippen LogP contribution in [-0.4, -0.2) is 19.3 Å². The molecule has 1 aromatic heterocycles. The molecule has 162 valence electrons. The largest absolute Gasteiger partial charge is 0.298 e. The van der Waals surface area contributed by atoms with Crippen LogP contribution in [0.25, 0.3) is 11.3 Å². The van der Waals surface area contributed by atoms with E-state index in [2.05, 4.69) is 15.0 Å². The lowest BCUT2D eigenvalue weighted by Gasteiger charge is -2.09. The molecule has 2 N–H and O–H groups in total. The van der Waals surface area contributed by atoms with Crippen LogP contribution in [0.3, 0.4) is 0 Å². The lowest BCUT2D eigenvalue weighted by Crippen LogP contribution is -2.12. The molecule has 0 radical (unpaired) electrons. The van der Waals surface area contributed by atoms with E-state index in [1.54, 1.807) is 53.9 Å². The number of aromatic nitrogens is 1. The van der Waals surface area contributed by atoms with Crippen LogP contribution in [0, 0.1) is 0 Å². The fourth-order valence-corrected chi connectivity index (χ4v) is 4.82. The first-order valence-electron chi connectivity index (χ1n) is 9.21. The van der Waals surface area contributed by atoms with E-state index in [0.29, 0.717) is 37.7 Å². The van der Waals surface area contributed by atoms with Gasteiger partial charge in [0, 0.05) is 32.2 Å². The number of thiazole rings is 1. The van der Waals surface area contributed by atoms with Gasteiger partial charge in [-0.15, -0.1) is 11.3 Å². The third kappa shape index (κ3) is 5.28. The molecule has 10 heteroatoms. The Labute approximate surface area is 198 Å². The molecule has 0 unspecified atom stereocenters. The SMILES string of the molecule is O=C(Nc1nc(-c2cccc(NS(=O)(=O)c3ccc(Cl)cc3)c2)cs1)c1ccc(Cl)cc1. The van der Waals surface area contributed by atoms with Gasteiger partial charge in [0.2, 0.25) is 0 Å². The Kier molecular flexibility index (Phi) is 6.48. The summed E-state index contributed by atoms with van der Waals surface area (Å²) in [5.74, 6) is -0.299. The highest BCUT2D eigenvalue weighted by molar-refractivity contribution is 7.92. The Morgan fingerprint density at radius 3 is 2.25 bits per heavy atom. The number of sulfonamides is 1. The molecule has 0 saturated carbocycles. The third-order valence-corrected chi connectivity index (χ3v) is 7.02. The monoisotopic (exact) mass is 503 g/mol. The number of rotatable bonds is 6. The van der Waals surface area contributed by atoms with E-state index < -0.39 is 10.0 Å². The number of amides is 1. The number of nitrogens with zero attached hydrogens (tertiary/aromatic N) is 1. The maximum absolute atomic E-state index is 12.6. The van der Waals surface area contributed by atoms with Crippen LogP contribution in [0.5, 0.6) is 0 Å². The van der Waals surface area contributed by atoms with Gasteiger partial charge in [0.25, 0.3) is 15.9 Å². The zero-order valence-corrected chi connectivity index (χ0v) is 19.4. The number of hydrogen-bond acceptors (Lipinski definition) is 5. The first kappa shape index (κ1) is 22.3. The van der Waals surface area contributed by atoms with Crippen LogP contribution in [0.15, 0.2) is 83.1 Å². The number of carbonyl (C=O) groups is 1. The zero-order chi connectivity index (χ0) is 22.7. The lowest BCUT2D eigenvalue weighted by molar-refractivity contribution is 0.102. The van der Waals surface area contributed by atoms with Crippen molar-refractivity contribution in [3.63, 3.8) is 0 Å². The summed E-state index contributed by atoms with van der Waals surface area (Å²) in [6.45, 7) is 0. The van der Waals surface area contributed by atoms with Gasteiger partial charge in [-0.3, -0.25) is 14.8 Å². The maximum Gasteiger partial charge on any atom is 0.261 e. The van der Waals surface area contributed by atoms with Crippen molar-refractivity contribution in [1.29, 1.82) is 0 Å². The van der Waals surface area contributed by atoms with Crippen molar-refractivity contribution in [1.82, 2.24) is 4.98 Å². The second-order valence-electron chi connectivity index (χ2n) is 6.64. The summed E-state index contributed by atoms with van der Waals surface area (Å²) >= 11 is 13.0. The van der Waals surface area contributed by atoms with Crippen molar-refractivity contribution in [2.75, 3.05) is 10.0 Å². The summed E-state index contributed by atoms with van der Waals surface area (Å²) in [6, 6.07) is 19.3. The normalized spacial score (nSPS) is 11.2. The quantitative estimate of drug-likeness (QED) is 0.329. The van der Waals surface area contributed by atoms with E-state index in [9.17, 15) is 13.2 Å². The number of hydrogen-bond donors (Lipinski definition) is 2. The highest BCUT2D eigenvalue weighted by Gasteiger charge is 2.15. The summed E-state index contributed by atoms with van der Waals surface area (Å²) in [4.78, 5) is 16.9. The topological polar surface area (TPSA) is 88.2 Å². The number of halogens is 2. The smallest absolute Gasteiger partial charge is 0.261 e. The molecule has 4 rings (SSSR count). The Hall–Kier alpha value is -2.91. The Morgan fingerprint density at radius 1 is 0.906 bits per heavy atom. The van der Waals surface area contributed by atoms with Gasteiger partial charge in [-0.2, -0.15) is 0 Å². The summed E-state index contributed by atoms with van der Waals surface area (Å²) in [5, 5.41) is 5.95. The van der Waals surface area contributed by atoms with Gasteiger partial charge in [-0.1, -0.05) is 35.3 Å². The van der Waals surface area contributed by atoms with Crippen LogP contribution >= 0.6 is 34.5 Å². The summed E-state index contributed by atoms with van der Waals surface area (Å²) in [6.07, 6.45) is 0. The molecule has 1 amide bonds. The molecule has 0 saturated heterocycles. The van der Waals surface area contributed by atoms with E-state index in [0.717, 1.165) is 0 Å². The van der Waals surface area contributed by atoms with Crippen LogP contribution < -0.4 is 10.0 Å². The van der Waals surface area contributed by atoms with Crippen molar-refractivity contribution in [2.45, 2.75) is 4.90 Å². The molecule has 0 aliphatic heterocycles. The minimum Gasteiger partial charge on any atom is -0.298 e. The molecule has 0 aliphatic rings. The van der Waals surface area contributed by atoms with Gasteiger partial charge in [-0.25, -0.2) is 13.4 Å². The number of anilines is 2. The first-order valence-corrected chi connectivity index (χ1v) is 12.3. The number of nitrogens with one attached hydrogen (secondary N) is 2. The minimum atomic E-state index is -3.77. The van der Waals surface area contributed by atoms with E-state index >= 15 is 0 Å². The van der Waals surface area contributed by atoms with Crippen molar-refractivity contribution < 1.29 is 13.2 Å². The standard InChI is InChI=1S/C22H15Cl2N3O3S2/c23-16-6-4-14(5-7-16)21(28)26-22-25-20(13-31-22)15-2-1-3-18(12-15)27-32(29,30)19-10-8-17(24)9-11-19/h1-13,27H,(H,25,26,28). The lowest BCUT2D eigenvalue weighted by atomic mass is 10.1. The molecular weight excluding hydrogens is 489 g/mol. The van der Waals surface area contributed by atoms with Gasteiger partial charge in [-0.05, 0) is 60.7 Å². The molecule has 0 bridgehead atoms. The van der Waals surface area contributed by atoms with Gasteiger partial charge < -0.3 is 0 Å². The predicted molar refractivity (Wildman–Crippen MR) is 129 cm³/mol. The molecule has 6 nitrogen and oxygen atoms in total. The summed E-state index contributed by atoms with van der Waals surface area (Å²) in [5.41, 5.74) is 2.15. The van der Waals surface area contributed by atoms with Crippen LogP contribution in [0.4, 0.5) is 10.8 Å². The fraction of sp³-hybridized carbons (Fsp3) is 0. The number of benzene rings is 3. The van der Waals surface area contributed by atoms with Crippen molar-refractivity contribution in [3.05, 3.63) is 93.8 Å². The summed E-state index contributed by atoms with van der Waals surface area (Å²) < 4.78 is 27.8. The first-order chi connectivity index (χ1) is 15.3. The van der Waals surface area contributed by atoms with Crippen LogP contribution in [-0.2, 0) is 10.0 Å².